The second-order valence-electron chi connectivity index (χ2n) is 5.93. The lowest BCUT2D eigenvalue weighted by Gasteiger charge is -2.10. The van der Waals surface area contributed by atoms with E-state index in [0.717, 1.165) is 27.3 Å². The van der Waals surface area contributed by atoms with Gasteiger partial charge in [-0.25, -0.2) is 9.97 Å². The Morgan fingerprint density at radius 3 is 2.76 bits per heavy atom. The van der Waals surface area contributed by atoms with Crippen LogP contribution in [0.3, 0.4) is 0 Å². The monoisotopic (exact) mass is 355 g/mol. The molecule has 0 unspecified atom stereocenters. The zero-order chi connectivity index (χ0) is 18.0. The maximum atomic E-state index is 11.8. The first-order chi connectivity index (χ1) is 12.0. The summed E-state index contributed by atoms with van der Waals surface area (Å²) in [5.74, 6) is 0.896. The first-order valence-electron chi connectivity index (χ1n) is 8.24. The number of hydrogen-bond acceptors (Lipinski definition) is 6. The van der Waals surface area contributed by atoms with Gasteiger partial charge in [0, 0.05) is 10.6 Å². The molecule has 25 heavy (non-hydrogen) atoms. The highest BCUT2D eigenvalue weighted by atomic mass is 32.1. The van der Waals surface area contributed by atoms with Crippen molar-refractivity contribution < 1.29 is 9.53 Å². The zero-order valence-corrected chi connectivity index (χ0v) is 15.7. The van der Waals surface area contributed by atoms with E-state index in [1.807, 2.05) is 25.1 Å². The Labute approximate surface area is 151 Å². The molecule has 5 nitrogen and oxygen atoms in total. The highest BCUT2D eigenvalue weighted by Crippen LogP contribution is 2.34. The number of carbonyl (C=O) groups is 1. The molecule has 2 heterocycles. The zero-order valence-electron chi connectivity index (χ0n) is 14.8. The molecule has 0 aliphatic heterocycles. The van der Waals surface area contributed by atoms with Crippen molar-refractivity contribution in [1.29, 1.82) is 0 Å². The van der Waals surface area contributed by atoms with Crippen molar-refractivity contribution in [3.05, 3.63) is 46.1 Å². The van der Waals surface area contributed by atoms with Gasteiger partial charge < -0.3 is 10.1 Å². The van der Waals surface area contributed by atoms with Crippen LogP contribution in [0.4, 0.5) is 11.5 Å². The van der Waals surface area contributed by atoms with Crippen molar-refractivity contribution in [3.63, 3.8) is 0 Å². The topological polar surface area (TPSA) is 64.1 Å². The number of hydrogen-bond donors (Lipinski definition) is 1. The fraction of sp³-hybridized carbons (Fsp3) is 0.316. The van der Waals surface area contributed by atoms with E-state index in [4.69, 9.17) is 4.74 Å². The van der Waals surface area contributed by atoms with E-state index in [1.165, 1.54) is 10.4 Å². The summed E-state index contributed by atoms with van der Waals surface area (Å²) in [7, 11) is 0. The Morgan fingerprint density at radius 2 is 2.04 bits per heavy atom. The Hall–Kier alpha value is -2.47. The summed E-state index contributed by atoms with van der Waals surface area (Å²) in [5, 5.41) is 4.40. The van der Waals surface area contributed by atoms with Crippen LogP contribution in [0, 0.1) is 20.8 Å². The van der Waals surface area contributed by atoms with E-state index in [9.17, 15) is 4.79 Å². The van der Waals surface area contributed by atoms with E-state index in [-0.39, 0.29) is 12.4 Å². The number of fused-ring (bicyclic) bond motifs is 1. The van der Waals surface area contributed by atoms with Crippen molar-refractivity contribution >= 4 is 39.0 Å². The molecule has 0 aliphatic carbocycles. The number of aromatic nitrogens is 2. The lowest BCUT2D eigenvalue weighted by molar-refractivity contribution is -0.142. The standard InChI is InChI=1S/C19H21N3O2S/c1-5-24-16(23)10-15-21-18(20-14-8-6-7-11(2)9-14)17-12(3)13(4)25-19(17)22-15/h6-9H,5,10H2,1-4H3,(H,20,21,22). The number of carbonyl (C=O) groups excluding carboxylic acids is 1. The average Bonchev–Trinajstić information content (AvgIpc) is 2.82. The summed E-state index contributed by atoms with van der Waals surface area (Å²) in [6.45, 7) is 8.34. The Bertz CT molecular complexity index is 934. The number of anilines is 2. The Kier molecular flexibility index (Phi) is 4.99. The summed E-state index contributed by atoms with van der Waals surface area (Å²) in [5.41, 5.74) is 3.29. The van der Waals surface area contributed by atoms with E-state index in [0.29, 0.717) is 12.4 Å². The molecule has 1 aromatic carbocycles. The van der Waals surface area contributed by atoms with Crippen molar-refractivity contribution in [2.75, 3.05) is 11.9 Å². The SMILES string of the molecule is CCOC(=O)Cc1nc(Nc2cccc(C)c2)c2c(C)c(C)sc2n1. The van der Waals surface area contributed by atoms with Crippen LogP contribution >= 0.6 is 11.3 Å². The van der Waals surface area contributed by atoms with Crippen LogP contribution in [0.15, 0.2) is 24.3 Å². The van der Waals surface area contributed by atoms with E-state index in [2.05, 4.69) is 35.2 Å². The lowest BCUT2D eigenvalue weighted by Crippen LogP contribution is -2.11. The summed E-state index contributed by atoms with van der Waals surface area (Å²) >= 11 is 1.62. The highest BCUT2D eigenvalue weighted by molar-refractivity contribution is 7.18. The van der Waals surface area contributed by atoms with Crippen LogP contribution in [0.5, 0.6) is 0 Å². The first kappa shape index (κ1) is 17.4. The first-order valence-corrected chi connectivity index (χ1v) is 9.05. The van der Waals surface area contributed by atoms with Gasteiger partial charge in [0.1, 0.15) is 22.9 Å². The summed E-state index contributed by atoms with van der Waals surface area (Å²) in [6, 6.07) is 8.11. The molecule has 0 saturated carbocycles. The molecule has 1 N–H and O–H groups in total. The number of thiophene rings is 1. The molecule has 0 amide bonds. The number of nitrogens with one attached hydrogen (secondary N) is 1. The molecular weight excluding hydrogens is 334 g/mol. The fourth-order valence-electron chi connectivity index (χ4n) is 2.66. The van der Waals surface area contributed by atoms with Crippen LogP contribution in [0.1, 0.15) is 28.8 Å². The normalized spacial score (nSPS) is 10.9. The molecule has 130 valence electrons. The highest BCUT2D eigenvalue weighted by Gasteiger charge is 2.17. The smallest absolute Gasteiger partial charge is 0.313 e. The van der Waals surface area contributed by atoms with Crippen molar-refractivity contribution in [2.45, 2.75) is 34.1 Å². The van der Waals surface area contributed by atoms with Crippen molar-refractivity contribution in [1.82, 2.24) is 9.97 Å². The van der Waals surface area contributed by atoms with Crippen molar-refractivity contribution in [3.8, 4) is 0 Å². The molecule has 2 aromatic heterocycles. The van der Waals surface area contributed by atoms with Gasteiger partial charge in [-0.05, 0) is 51.0 Å². The second kappa shape index (κ2) is 7.19. The molecular formula is C19H21N3O2S. The largest absolute Gasteiger partial charge is 0.466 e. The maximum absolute atomic E-state index is 11.8. The van der Waals surface area contributed by atoms with Gasteiger partial charge in [0.2, 0.25) is 0 Å². The quantitative estimate of drug-likeness (QED) is 0.684. The minimum atomic E-state index is -0.312. The minimum absolute atomic E-state index is 0.0717. The number of ether oxygens (including phenoxy) is 1. The molecule has 0 spiro atoms. The van der Waals surface area contributed by atoms with E-state index in [1.54, 1.807) is 18.3 Å². The van der Waals surface area contributed by atoms with Crippen LogP contribution in [0.2, 0.25) is 0 Å². The molecule has 0 aliphatic rings. The molecule has 0 fully saturated rings. The summed E-state index contributed by atoms with van der Waals surface area (Å²) in [6.07, 6.45) is 0.0717. The third-order valence-corrected chi connectivity index (χ3v) is 5.06. The van der Waals surface area contributed by atoms with Gasteiger partial charge in [-0.3, -0.25) is 4.79 Å². The van der Waals surface area contributed by atoms with Crippen molar-refractivity contribution in [2.24, 2.45) is 0 Å². The number of rotatable bonds is 5. The van der Waals surface area contributed by atoms with Crippen LogP contribution in [0.25, 0.3) is 10.2 Å². The number of esters is 1. The third kappa shape index (κ3) is 3.79. The summed E-state index contributed by atoms with van der Waals surface area (Å²) < 4.78 is 5.02. The number of aryl methyl sites for hydroxylation is 3. The molecule has 0 radical (unpaired) electrons. The van der Waals surface area contributed by atoms with Gasteiger partial charge in [0.15, 0.2) is 0 Å². The minimum Gasteiger partial charge on any atom is -0.466 e. The van der Waals surface area contributed by atoms with Gasteiger partial charge in [0.05, 0.1) is 12.0 Å². The predicted molar refractivity (Wildman–Crippen MR) is 102 cm³/mol. The van der Waals surface area contributed by atoms with Crippen LogP contribution in [-0.2, 0) is 16.0 Å². The average molecular weight is 355 g/mol. The lowest BCUT2D eigenvalue weighted by atomic mass is 10.2. The van der Waals surface area contributed by atoms with Gasteiger partial charge in [-0.15, -0.1) is 11.3 Å². The molecule has 0 bridgehead atoms. The Morgan fingerprint density at radius 1 is 1.24 bits per heavy atom. The molecule has 3 rings (SSSR count). The summed E-state index contributed by atoms with van der Waals surface area (Å²) in [4.78, 5) is 23.1. The third-order valence-electron chi connectivity index (χ3n) is 3.96. The van der Waals surface area contributed by atoms with Gasteiger partial charge in [0.25, 0.3) is 0 Å². The molecule has 0 saturated heterocycles. The van der Waals surface area contributed by atoms with Gasteiger partial charge in [-0.2, -0.15) is 0 Å². The van der Waals surface area contributed by atoms with Crippen LogP contribution < -0.4 is 5.32 Å². The van der Waals surface area contributed by atoms with Crippen LogP contribution in [-0.4, -0.2) is 22.5 Å². The van der Waals surface area contributed by atoms with Gasteiger partial charge >= 0.3 is 5.97 Å². The molecule has 3 aromatic rings. The Balaban J connectivity index is 2.05. The maximum Gasteiger partial charge on any atom is 0.313 e. The van der Waals surface area contributed by atoms with E-state index < -0.39 is 0 Å². The second-order valence-corrected chi connectivity index (χ2v) is 7.13. The fourth-order valence-corrected chi connectivity index (χ4v) is 3.71. The van der Waals surface area contributed by atoms with E-state index >= 15 is 0 Å². The molecule has 0 atom stereocenters. The molecule has 6 heteroatoms. The van der Waals surface area contributed by atoms with Gasteiger partial charge in [-0.1, -0.05) is 12.1 Å². The number of benzene rings is 1. The predicted octanol–water partition coefficient (Wildman–Crippen LogP) is 4.47. The number of nitrogens with zero attached hydrogens (tertiary/aromatic N) is 2.